The van der Waals surface area contributed by atoms with E-state index in [1.165, 1.54) is 5.56 Å². The second kappa shape index (κ2) is 8.26. The molecule has 1 amide bonds. The maximum absolute atomic E-state index is 13.0. The summed E-state index contributed by atoms with van der Waals surface area (Å²) in [6, 6.07) is 9.94. The van der Waals surface area contributed by atoms with Crippen molar-refractivity contribution < 1.29 is 4.79 Å². The molecule has 1 aromatic heterocycles. The van der Waals surface area contributed by atoms with Gasteiger partial charge in [0, 0.05) is 43.4 Å². The SMILES string of the molecule is CC(C)c1cc(C(=O)N2CCN(Cc3ccc(Cl)cc3)CC2)nn1C(C)(C)C. The standard InChI is InChI=1S/C22H31ClN4O/c1-16(2)20-14-19(24-27(20)22(3,4)5)21(28)26-12-10-25(11-13-26)15-17-6-8-18(23)9-7-17/h6-9,14,16H,10-13,15H2,1-5H3. The maximum Gasteiger partial charge on any atom is 0.274 e. The zero-order valence-corrected chi connectivity index (χ0v) is 18.3. The summed E-state index contributed by atoms with van der Waals surface area (Å²) in [6.07, 6.45) is 0. The van der Waals surface area contributed by atoms with Gasteiger partial charge in [0.1, 0.15) is 0 Å². The van der Waals surface area contributed by atoms with E-state index in [1.807, 2.05) is 27.8 Å². The van der Waals surface area contributed by atoms with Crippen LogP contribution in [0.15, 0.2) is 30.3 Å². The summed E-state index contributed by atoms with van der Waals surface area (Å²) in [5.41, 5.74) is 2.77. The van der Waals surface area contributed by atoms with Gasteiger partial charge in [-0.2, -0.15) is 5.10 Å². The smallest absolute Gasteiger partial charge is 0.274 e. The van der Waals surface area contributed by atoms with Crippen LogP contribution in [0.5, 0.6) is 0 Å². The Kier molecular flexibility index (Phi) is 6.15. The minimum Gasteiger partial charge on any atom is -0.335 e. The molecule has 0 radical (unpaired) electrons. The molecular weight excluding hydrogens is 372 g/mol. The van der Waals surface area contributed by atoms with Gasteiger partial charge in [-0.05, 0) is 50.5 Å². The number of amides is 1. The number of nitrogens with zero attached hydrogens (tertiary/aromatic N) is 4. The average molecular weight is 403 g/mol. The van der Waals surface area contributed by atoms with E-state index in [0.717, 1.165) is 43.4 Å². The highest BCUT2D eigenvalue weighted by Crippen LogP contribution is 2.24. The Morgan fingerprint density at radius 3 is 2.21 bits per heavy atom. The normalized spacial score (nSPS) is 16.0. The van der Waals surface area contributed by atoms with Crippen molar-refractivity contribution >= 4 is 17.5 Å². The molecule has 152 valence electrons. The summed E-state index contributed by atoms with van der Waals surface area (Å²) in [7, 11) is 0. The number of piperazine rings is 1. The first-order valence-electron chi connectivity index (χ1n) is 10.0. The lowest BCUT2D eigenvalue weighted by Crippen LogP contribution is -2.48. The van der Waals surface area contributed by atoms with Crippen molar-refractivity contribution in [2.75, 3.05) is 26.2 Å². The third kappa shape index (κ3) is 4.76. The Bertz CT molecular complexity index is 812. The molecule has 5 nitrogen and oxygen atoms in total. The average Bonchev–Trinajstić information content (AvgIpc) is 3.10. The zero-order chi connectivity index (χ0) is 20.5. The molecule has 1 saturated heterocycles. The first kappa shape index (κ1) is 20.9. The van der Waals surface area contributed by atoms with Crippen LogP contribution >= 0.6 is 11.6 Å². The molecule has 1 aromatic carbocycles. The van der Waals surface area contributed by atoms with Crippen LogP contribution in [-0.2, 0) is 12.1 Å². The number of carbonyl (C=O) groups is 1. The van der Waals surface area contributed by atoms with Gasteiger partial charge in [0.2, 0.25) is 0 Å². The summed E-state index contributed by atoms with van der Waals surface area (Å²) in [5.74, 6) is 0.362. The van der Waals surface area contributed by atoms with Crippen LogP contribution in [0.4, 0.5) is 0 Å². The lowest BCUT2D eigenvalue weighted by molar-refractivity contribution is 0.0621. The van der Waals surface area contributed by atoms with Gasteiger partial charge in [-0.25, -0.2) is 0 Å². The van der Waals surface area contributed by atoms with E-state index in [4.69, 9.17) is 11.6 Å². The second-order valence-corrected chi connectivity index (χ2v) is 9.32. The Labute approximate surface area is 173 Å². The summed E-state index contributed by atoms with van der Waals surface area (Å²) in [4.78, 5) is 17.3. The number of benzene rings is 1. The van der Waals surface area contributed by atoms with E-state index in [2.05, 4.69) is 56.8 Å². The molecule has 0 bridgehead atoms. The Morgan fingerprint density at radius 1 is 1.11 bits per heavy atom. The van der Waals surface area contributed by atoms with Gasteiger partial charge < -0.3 is 4.90 Å². The minimum absolute atomic E-state index is 0.0380. The quantitative estimate of drug-likeness (QED) is 0.762. The van der Waals surface area contributed by atoms with Crippen LogP contribution in [0, 0.1) is 0 Å². The second-order valence-electron chi connectivity index (χ2n) is 8.89. The number of aromatic nitrogens is 2. The third-order valence-electron chi connectivity index (χ3n) is 5.16. The van der Waals surface area contributed by atoms with Crippen molar-refractivity contribution in [3.05, 3.63) is 52.3 Å². The van der Waals surface area contributed by atoms with E-state index in [9.17, 15) is 4.79 Å². The summed E-state index contributed by atoms with van der Waals surface area (Å²) in [5, 5.41) is 5.43. The molecule has 0 saturated carbocycles. The molecule has 2 heterocycles. The molecule has 3 rings (SSSR count). The van der Waals surface area contributed by atoms with Crippen molar-refractivity contribution in [2.24, 2.45) is 0 Å². The Morgan fingerprint density at radius 2 is 1.71 bits per heavy atom. The van der Waals surface area contributed by atoms with Gasteiger partial charge in [0.25, 0.3) is 5.91 Å². The fourth-order valence-corrected chi connectivity index (χ4v) is 3.69. The van der Waals surface area contributed by atoms with Crippen LogP contribution in [0.2, 0.25) is 5.02 Å². The topological polar surface area (TPSA) is 41.4 Å². The molecule has 0 unspecified atom stereocenters. The lowest BCUT2D eigenvalue weighted by Gasteiger charge is -2.34. The van der Waals surface area contributed by atoms with Crippen molar-refractivity contribution in [1.29, 1.82) is 0 Å². The van der Waals surface area contributed by atoms with Gasteiger partial charge in [-0.3, -0.25) is 14.4 Å². The van der Waals surface area contributed by atoms with E-state index in [-0.39, 0.29) is 11.4 Å². The van der Waals surface area contributed by atoms with Crippen LogP contribution in [0.1, 0.15) is 62.3 Å². The predicted molar refractivity (Wildman–Crippen MR) is 114 cm³/mol. The molecule has 1 aliphatic heterocycles. The van der Waals surface area contributed by atoms with Crippen LogP contribution in [-0.4, -0.2) is 51.7 Å². The largest absolute Gasteiger partial charge is 0.335 e. The van der Waals surface area contributed by atoms with Gasteiger partial charge in [0.05, 0.1) is 5.54 Å². The molecule has 0 N–H and O–H groups in total. The predicted octanol–water partition coefficient (Wildman–Crippen LogP) is 4.37. The van der Waals surface area contributed by atoms with Crippen LogP contribution < -0.4 is 0 Å². The number of carbonyl (C=O) groups excluding carboxylic acids is 1. The fourth-order valence-electron chi connectivity index (χ4n) is 3.57. The maximum atomic E-state index is 13.0. The first-order valence-corrected chi connectivity index (χ1v) is 10.4. The molecule has 28 heavy (non-hydrogen) atoms. The molecule has 2 aromatic rings. The minimum atomic E-state index is -0.143. The highest BCUT2D eigenvalue weighted by molar-refractivity contribution is 6.30. The number of halogens is 1. The highest BCUT2D eigenvalue weighted by Gasteiger charge is 2.28. The van der Waals surface area contributed by atoms with E-state index >= 15 is 0 Å². The monoisotopic (exact) mass is 402 g/mol. The van der Waals surface area contributed by atoms with Gasteiger partial charge in [-0.1, -0.05) is 37.6 Å². The van der Waals surface area contributed by atoms with Crippen molar-refractivity contribution in [3.8, 4) is 0 Å². The third-order valence-corrected chi connectivity index (χ3v) is 5.41. The van der Waals surface area contributed by atoms with Crippen molar-refractivity contribution in [2.45, 2.75) is 52.6 Å². The van der Waals surface area contributed by atoms with Crippen molar-refractivity contribution in [3.63, 3.8) is 0 Å². The number of hydrogen-bond donors (Lipinski definition) is 0. The van der Waals surface area contributed by atoms with E-state index < -0.39 is 0 Å². The fraction of sp³-hybridized carbons (Fsp3) is 0.545. The first-order chi connectivity index (χ1) is 13.1. The van der Waals surface area contributed by atoms with Gasteiger partial charge >= 0.3 is 0 Å². The van der Waals surface area contributed by atoms with Crippen LogP contribution in [0.3, 0.4) is 0 Å². The Hall–Kier alpha value is -1.85. The summed E-state index contributed by atoms with van der Waals surface area (Å²) >= 11 is 5.96. The van der Waals surface area contributed by atoms with E-state index in [1.54, 1.807) is 0 Å². The summed E-state index contributed by atoms with van der Waals surface area (Å²) in [6.45, 7) is 14.7. The lowest BCUT2D eigenvalue weighted by atomic mass is 10.1. The highest BCUT2D eigenvalue weighted by atomic mass is 35.5. The molecule has 0 aliphatic carbocycles. The Balaban J connectivity index is 1.64. The number of rotatable bonds is 4. The molecule has 1 aliphatic rings. The zero-order valence-electron chi connectivity index (χ0n) is 17.6. The molecule has 1 fully saturated rings. The summed E-state index contributed by atoms with van der Waals surface area (Å²) < 4.78 is 2.00. The molecule has 0 spiro atoms. The number of hydrogen-bond acceptors (Lipinski definition) is 3. The van der Waals surface area contributed by atoms with Gasteiger partial charge in [0.15, 0.2) is 5.69 Å². The van der Waals surface area contributed by atoms with E-state index in [0.29, 0.717) is 11.6 Å². The van der Waals surface area contributed by atoms with Crippen LogP contribution in [0.25, 0.3) is 0 Å². The molecule has 6 heteroatoms. The van der Waals surface area contributed by atoms with Gasteiger partial charge in [-0.15, -0.1) is 0 Å². The molecular formula is C22H31ClN4O. The van der Waals surface area contributed by atoms with Crippen molar-refractivity contribution in [1.82, 2.24) is 19.6 Å². The molecule has 0 atom stereocenters.